The summed E-state index contributed by atoms with van der Waals surface area (Å²) >= 11 is 0. The van der Waals surface area contributed by atoms with Gasteiger partial charge in [0.25, 0.3) is 0 Å². The highest BCUT2D eigenvalue weighted by Crippen LogP contribution is 2.30. The molecule has 18 heavy (non-hydrogen) atoms. The summed E-state index contributed by atoms with van der Waals surface area (Å²) < 4.78 is 7.44. The maximum Gasteiger partial charge on any atom is 0.108 e. The third kappa shape index (κ3) is 2.20. The molecule has 3 rings (SSSR count). The summed E-state index contributed by atoms with van der Waals surface area (Å²) in [5, 5.41) is 7.81. The van der Waals surface area contributed by atoms with E-state index in [-0.39, 0.29) is 0 Å². The first-order valence-electron chi connectivity index (χ1n) is 6.61. The second-order valence-electron chi connectivity index (χ2n) is 4.89. The van der Waals surface area contributed by atoms with Crippen molar-refractivity contribution in [2.45, 2.75) is 31.7 Å². The van der Waals surface area contributed by atoms with E-state index < -0.39 is 0 Å². The van der Waals surface area contributed by atoms with Crippen LogP contribution in [-0.4, -0.2) is 16.3 Å². The van der Waals surface area contributed by atoms with Gasteiger partial charge in [0.2, 0.25) is 0 Å². The molecular formula is C14H19N3O. The van der Waals surface area contributed by atoms with Gasteiger partial charge in [0.1, 0.15) is 5.76 Å². The molecule has 1 N–H and O–H groups in total. The summed E-state index contributed by atoms with van der Waals surface area (Å²) in [4.78, 5) is 0. The topological polar surface area (TPSA) is 43.0 Å². The SMILES string of the molecule is Cn1nccc1CCNC1CCCc2occc21. The lowest BCUT2D eigenvalue weighted by Crippen LogP contribution is -2.26. The highest BCUT2D eigenvalue weighted by molar-refractivity contribution is 5.24. The first-order valence-corrected chi connectivity index (χ1v) is 6.61. The van der Waals surface area contributed by atoms with Gasteiger partial charge in [0, 0.05) is 49.9 Å². The lowest BCUT2D eigenvalue weighted by atomic mass is 9.93. The normalized spacial score (nSPS) is 18.8. The van der Waals surface area contributed by atoms with Crippen molar-refractivity contribution in [3.8, 4) is 0 Å². The van der Waals surface area contributed by atoms with Crippen LogP contribution in [0, 0.1) is 0 Å². The first kappa shape index (κ1) is 11.5. The third-order valence-corrected chi connectivity index (χ3v) is 3.75. The van der Waals surface area contributed by atoms with Crippen LogP contribution in [0.25, 0.3) is 0 Å². The van der Waals surface area contributed by atoms with Crippen LogP contribution in [-0.2, 0) is 19.9 Å². The van der Waals surface area contributed by atoms with Crippen molar-refractivity contribution in [2.24, 2.45) is 7.05 Å². The molecule has 1 aliphatic rings. The molecule has 0 saturated heterocycles. The molecule has 1 aliphatic carbocycles. The average molecular weight is 245 g/mol. The van der Waals surface area contributed by atoms with E-state index in [1.165, 1.54) is 29.9 Å². The number of nitrogens with one attached hydrogen (secondary N) is 1. The maximum absolute atomic E-state index is 5.50. The zero-order chi connectivity index (χ0) is 12.4. The summed E-state index contributed by atoms with van der Waals surface area (Å²) in [7, 11) is 1.99. The lowest BCUT2D eigenvalue weighted by molar-refractivity contribution is 0.412. The van der Waals surface area contributed by atoms with Crippen molar-refractivity contribution in [1.29, 1.82) is 0 Å². The Hall–Kier alpha value is -1.55. The monoisotopic (exact) mass is 245 g/mol. The molecule has 0 saturated carbocycles. The molecule has 0 amide bonds. The standard InChI is InChI=1S/C14H19N3O/c1-17-11(6-9-16-17)5-8-15-13-3-2-4-14-12(13)7-10-18-14/h6-7,9-10,13,15H,2-5,8H2,1H3. The quantitative estimate of drug-likeness (QED) is 0.898. The van der Waals surface area contributed by atoms with Gasteiger partial charge in [0.15, 0.2) is 0 Å². The molecule has 4 heteroatoms. The third-order valence-electron chi connectivity index (χ3n) is 3.75. The number of aryl methyl sites for hydroxylation is 2. The number of hydrogen-bond donors (Lipinski definition) is 1. The van der Waals surface area contributed by atoms with Gasteiger partial charge in [0.05, 0.1) is 6.26 Å². The zero-order valence-electron chi connectivity index (χ0n) is 10.7. The molecular weight excluding hydrogens is 226 g/mol. The first-order chi connectivity index (χ1) is 8.84. The van der Waals surface area contributed by atoms with E-state index >= 15 is 0 Å². The van der Waals surface area contributed by atoms with Gasteiger partial charge in [-0.25, -0.2) is 0 Å². The molecule has 1 atom stereocenters. The fourth-order valence-electron chi connectivity index (χ4n) is 2.72. The predicted molar refractivity (Wildman–Crippen MR) is 69.3 cm³/mol. The number of hydrogen-bond acceptors (Lipinski definition) is 3. The van der Waals surface area contributed by atoms with Gasteiger partial charge < -0.3 is 9.73 Å². The molecule has 0 spiro atoms. The summed E-state index contributed by atoms with van der Waals surface area (Å²) in [6, 6.07) is 4.64. The van der Waals surface area contributed by atoms with Gasteiger partial charge in [-0.1, -0.05) is 0 Å². The van der Waals surface area contributed by atoms with Crippen LogP contribution in [0.5, 0.6) is 0 Å². The minimum Gasteiger partial charge on any atom is -0.469 e. The van der Waals surface area contributed by atoms with Crippen molar-refractivity contribution >= 4 is 0 Å². The van der Waals surface area contributed by atoms with E-state index in [1.807, 2.05) is 24.2 Å². The van der Waals surface area contributed by atoms with Gasteiger partial charge in [-0.15, -0.1) is 0 Å². The molecule has 2 heterocycles. The number of nitrogens with zero attached hydrogens (tertiary/aromatic N) is 2. The van der Waals surface area contributed by atoms with Crippen LogP contribution < -0.4 is 5.32 Å². The molecule has 1 unspecified atom stereocenters. The molecule has 4 nitrogen and oxygen atoms in total. The predicted octanol–water partition coefficient (Wildman–Crippen LogP) is 2.22. The summed E-state index contributed by atoms with van der Waals surface area (Å²) in [5.74, 6) is 1.17. The van der Waals surface area contributed by atoms with E-state index in [4.69, 9.17) is 4.42 Å². The Morgan fingerprint density at radius 3 is 3.28 bits per heavy atom. The lowest BCUT2D eigenvalue weighted by Gasteiger charge is -2.22. The Balaban J connectivity index is 1.57. The highest BCUT2D eigenvalue weighted by atomic mass is 16.3. The second kappa shape index (κ2) is 4.98. The molecule has 96 valence electrons. The largest absolute Gasteiger partial charge is 0.469 e. The second-order valence-corrected chi connectivity index (χ2v) is 4.89. The molecule has 0 fully saturated rings. The Morgan fingerprint density at radius 1 is 1.50 bits per heavy atom. The molecule has 2 aromatic rings. The van der Waals surface area contributed by atoms with Crippen molar-refractivity contribution in [3.63, 3.8) is 0 Å². The minimum atomic E-state index is 0.459. The molecule has 0 aliphatic heterocycles. The molecule has 0 radical (unpaired) electrons. The van der Waals surface area contributed by atoms with E-state index in [1.54, 1.807) is 0 Å². The molecule has 0 aromatic carbocycles. The van der Waals surface area contributed by atoms with E-state index in [9.17, 15) is 0 Å². The van der Waals surface area contributed by atoms with E-state index in [2.05, 4.69) is 22.5 Å². The Labute approximate surface area is 107 Å². The molecule has 0 bridgehead atoms. The van der Waals surface area contributed by atoms with Crippen molar-refractivity contribution in [1.82, 2.24) is 15.1 Å². The fourth-order valence-corrected chi connectivity index (χ4v) is 2.72. The fraction of sp³-hybridized carbons (Fsp3) is 0.500. The summed E-state index contributed by atoms with van der Waals surface area (Å²) in [6.07, 6.45) is 8.18. The van der Waals surface area contributed by atoms with Crippen molar-refractivity contribution in [3.05, 3.63) is 41.6 Å². The number of rotatable bonds is 4. The van der Waals surface area contributed by atoms with Gasteiger partial charge in [-0.2, -0.15) is 5.10 Å². The smallest absolute Gasteiger partial charge is 0.108 e. The van der Waals surface area contributed by atoms with Crippen molar-refractivity contribution in [2.75, 3.05) is 6.54 Å². The minimum absolute atomic E-state index is 0.459. The maximum atomic E-state index is 5.50. The molecule has 2 aromatic heterocycles. The Bertz CT molecular complexity index is 515. The van der Waals surface area contributed by atoms with Crippen LogP contribution >= 0.6 is 0 Å². The number of aromatic nitrogens is 2. The zero-order valence-corrected chi connectivity index (χ0v) is 10.7. The number of furan rings is 1. The van der Waals surface area contributed by atoms with Crippen LogP contribution in [0.3, 0.4) is 0 Å². The van der Waals surface area contributed by atoms with Gasteiger partial charge >= 0.3 is 0 Å². The highest BCUT2D eigenvalue weighted by Gasteiger charge is 2.21. The summed E-state index contributed by atoms with van der Waals surface area (Å²) in [5.41, 5.74) is 2.62. The van der Waals surface area contributed by atoms with Crippen LogP contribution in [0.2, 0.25) is 0 Å². The van der Waals surface area contributed by atoms with Crippen molar-refractivity contribution < 1.29 is 4.42 Å². The van der Waals surface area contributed by atoms with Crippen LogP contribution in [0.15, 0.2) is 29.0 Å². The van der Waals surface area contributed by atoms with Crippen LogP contribution in [0.1, 0.15) is 35.9 Å². The Morgan fingerprint density at radius 2 is 2.44 bits per heavy atom. The number of fused-ring (bicyclic) bond motifs is 1. The van der Waals surface area contributed by atoms with Gasteiger partial charge in [-0.3, -0.25) is 4.68 Å². The Kier molecular flexibility index (Phi) is 3.19. The average Bonchev–Trinajstić information content (AvgIpc) is 2.99. The van der Waals surface area contributed by atoms with E-state index in [0.717, 1.165) is 19.4 Å². The summed E-state index contributed by atoms with van der Waals surface area (Å²) in [6.45, 7) is 0.981. The van der Waals surface area contributed by atoms with Crippen LogP contribution in [0.4, 0.5) is 0 Å². The van der Waals surface area contributed by atoms with E-state index in [0.29, 0.717) is 6.04 Å². The van der Waals surface area contributed by atoms with Gasteiger partial charge in [-0.05, 0) is 25.0 Å².